The second kappa shape index (κ2) is 8.74. The van der Waals surface area contributed by atoms with Gasteiger partial charge in [-0.15, -0.1) is 11.3 Å². The van der Waals surface area contributed by atoms with E-state index in [1.165, 1.54) is 24.3 Å². The molecule has 1 N–H and O–H groups in total. The number of aromatic nitrogens is 1. The van der Waals surface area contributed by atoms with Crippen LogP contribution < -0.4 is 10.3 Å². The van der Waals surface area contributed by atoms with E-state index in [2.05, 4.69) is 4.72 Å². The largest absolute Gasteiger partial charge is 0.341 e. The molecule has 2 aliphatic heterocycles. The maximum Gasteiger partial charge on any atom is 0.275 e. The van der Waals surface area contributed by atoms with Gasteiger partial charge in [-0.3, -0.25) is 14.3 Å². The number of anilines is 1. The van der Waals surface area contributed by atoms with Gasteiger partial charge in [0.1, 0.15) is 16.7 Å². The first kappa shape index (κ1) is 22.4. The van der Waals surface area contributed by atoms with E-state index in [1.54, 1.807) is 28.0 Å². The smallest absolute Gasteiger partial charge is 0.275 e. The van der Waals surface area contributed by atoms with Gasteiger partial charge in [0.25, 0.3) is 15.6 Å². The number of nitriles is 1. The van der Waals surface area contributed by atoms with Crippen LogP contribution >= 0.6 is 11.3 Å². The van der Waals surface area contributed by atoms with Crippen molar-refractivity contribution in [3.05, 3.63) is 80.4 Å². The Morgan fingerprint density at radius 1 is 1.12 bits per heavy atom. The molecule has 2 aliphatic rings. The molecule has 8 nitrogen and oxygen atoms in total. The zero-order chi connectivity index (χ0) is 23.9. The number of nitrogens with zero attached hydrogens (tertiary/aromatic N) is 3. The van der Waals surface area contributed by atoms with E-state index in [4.69, 9.17) is 0 Å². The predicted molar refractivity (Wildman–Crippen MR) is 128 cm³/mol. The summed E-state index contributed by atoms with van der Waals surface area (Å²) in [5.74, 6) is 0.244. The van der Waals surface area contributed by atoms with Crippen LogP contribution in [0.15, 0.2) is 63.6 Å². The normalized spacial score (nSPS) is 19.2. The Labute approximate surface area is 201 Å². The number of benzene rings is 1. The van der Waals surface area contributed by atoms with E-state index in [9.17, 15) is 23.3 Å². The SMILES string of the molecule is N#Cc1ccccc1S(=O)(=O)Nc1ccc2n(c1=O)C[C@H]1C[C@@H]2CN(C(=O)Cc2cccs2)C1. The first-order chi connectivity index (χ1) is 16.4. The van der Waals surface area contributed by atoms with Crippen molar-refractivity contribution in [3.8, 4) is 6.07 Å². The van der Waals surface area contributed by atoms with Gasteiger partial charge in [-0.05, 0) is 48.1 Å². The molecule has 2 bridgehead atoms. The van der Waals surface area contributed by atoms with Gasteiger partial charge in [0.15, 0.2) is 0 Å². The standard InChI is InChI=1S/C24H22N4O4S2/c25-12-17-4-1-2-6-22(17)34(31,32)26-20-7-8-21-18-10-16(14-28(21)24(20)30)13-27(15-18)23(29)11-19-5-3-9-33-19/h1-9,16,18,26H,10-11,13-15H2/t16-,18+/m0/s1. The van der Waals surface area contributed by atoms with Crippen molar-refractivity contribution < 1.29 is 13.2 Å². The summed E-state index contributed by atoms with van der Waals surface area (Å²) in [6, 6.07) is 14.9. The Balaban J connectivity index is 1.39. The summed E-state index contributed by atoms with van der Waals surface area (Å²) in [6.45, 7) is 1.55. The van der Waals surface area contributed by atoms with Crippen LogP contribution in [0.2, 0.25) is 0 Å². The maximum atomic E-state index is 13.2. The highest BCUT2D eigenvalue weighted by Crippen LogP contribution is 2.36. The van der Waals surface area contributed by atoms with Gasteiger partial charge in [0, 0.05) is 36.1 Å². The molecule has 1 fully saturated rings. The maximum absolute atomic E-state index is 13.2. The van der Waals surface area contributed by atoms with E-state index in [0.717, 1.165) is 17.0 Å². The van der Waals surface area contributed by atoms with Gasteiger partial charge < -0.3 is 9.47 Å². The third-order valence-corrected chi connectivity index (χ3v) is 8.70. The number of carbonyl (C=O) groups excluding carboxylic acids is 1. The molecule has 0 unspecified atom stereocenters. The summed E-state index contributed by atoms with van der Waals surface area (Å²) in [7, 11) is -4.11. The minimum atomic E-state index is -4.11. The molecule has 1 aromatic carbocycles. The molecule has 1 amide bonds. The minimum Gasteiger partial charge on any atom is -0.341 e. The van der Waals surface area contributed by atoms with Gasteiger partial charge >= 0.3 is 0 Å². The molecular formula is C24H22N4O4S2. The van der Waals surface area contributed by atoms with E-state index in [1.807, 2.05) is 28.5 Å². The Morgan fingerprint density at radius 3 is 2.71 bits per heavy atom. The number of likely N-dealkylation sites (tertiary alicyclic amines) is 1. The van der Waals surface area contributed by atoms with Crippen molar-refractivity contribution >= 4 is 33.0 Å². The van der Waals surface area contributed by atoms with E-state index in [0.29, 0.717) is 26.1 Å². The fourth-order valence-corrected chi connectivity index (χ4v) is 6.81. The Hall–Kier alpha value is -3.42. The number of pyridine rings is 1. The zero-order valence-electron chi connectivity index (χ0n) is 18.2. The molecule has 0 saturated carbocycles. The lowest BCUT2D eigenvalue weighted by molar-refractivity contribution is -0.133. The lowest BCUT2D eigenvalue weighted by Gasteiger charge is -2.43. The van der Waals surface area contributed by atoms with Crippen LogP contribution in [-0.2, 0) is 27.8 Å². The van der Waals surface area contributed by atoms with Crippen molar-refractivity contribution in [1.29, 1.82) is 5.26 Å². The summed E-state index contributed by atoms with van der Waals surface area (Å²) in [4.78, 5) is 28.8. The number of hydrogen-bond acceptors (Lipinski definition) is 6. The Kier molecular flexibility index (Phi) is 5.75. The number of fused-ring (bicyclic) bond motifs is 4. The third kappa shape index (κ3) is 4.13. The van der Waals surface area contributed by atoms with E-state index >= 15 is 0 Å². The number of carbonyl (C=O) groups is 1. The fourth-order valence-electron chi connectivity index (χ4n) is 4.89. The summed E-state index contributed by atoms with van der Waals surface area (Å²) in [5.41, 5.74) is 0.357. The number of sulfonamides is 1. The first-order valence-corrected chi connectivity index (χ1v) is 13.3. The van der Waals surface area contributed by atoms with Crippen molar-refractivity contribution in [2.45, 2.75) is 30.2 Å². The number of nitrogens with one attached hydrogen (secondary N) is 1. The van der Waals surface area contributed by atoms with Gasteiger partial charge in [-0.2, -0.15) is 5.26 Å². The van der Waals surface area contributed by atoms with Crippen LogP contribution in [0.4, 0.5) is 5.69 Å². The van der Waals surface area contributed by atoms with Crippen LogP contribution in [-0.4, -0.2) is 36.9 Å². The molecule has 0 spiro atoms. The summed E-state index contributed by atoms with van der Waals surface area (Å²) >= 11 is 1.57. The quantitative estimate of drug-likeness (QED) is 0.586. The monoisotopic (exact) mass is 494 g/mol. The molecule has 0 aliphatic carbocycles. The van der Waals surface area contributed by atoms with Crippen LogP contribution in [0.3, 0.4) is 0 Å². The number of amides is 1. The summed E-state index contributed by atoms with van der Waals surface area (Å²) in [6.07, 6.45) is 1.28. The summed E-state index contributed by atoms with van der Waals surface area (Å²) < 4.78 is 29.8. The molecule has 5 rings (SSSR count). The molecule has 174 valence electrons. The molecule has 3 aromatic rings. The molecule has 10 heteroatoms. The number of thiophene rings is 1. The third-order valence-electron chi connectivity index (χ3n) is 6.40. The topological polar surface area (TPSA) is 112 Å². The highest BCUT2D eigenvalue weighted by atomic mass is 32.2. The molecule has 4 heterocycles. The van der Waals surface area contributed by atoms with Crippen molar-refractivity contribution in [1.82, 2.24) is 9.47 Å². The lowest BCUT2D eigenvalue weighted by atomic mass is 9.83. The van der Waals surface area contributed by atoms with E-state index < -0.39 is 15.6 Å². The fraction of sp³-hybridized carbons (Fsp3) is 0.292. The zero-order valence-corrected chi connectivity index (χ0v) is 19.8. The number of rotatable bonds is 5. The van der Waals surface area contributed by atoms with Crippen molar-refractivity contribution in [2.24, 2.45) is 5.92 Å². The Bertz CT molecular complexity index is 1450. The predicted octanol–water partition coefficient (Wildman–Crippen LogP) is 2.77. The number of piperidine rings is 1. The first-order valence-electron chi connectivity index (χ1n) is 10.9. The molecule has 0 radical (unpaired) electrons. The average molecular weight is 495 g/mol. The average Bonchev–Trinajstić information content (AvgIpc) is 3.34. The molecule has 1 saturated heterocycles. The molecule has 2 aromatic heterocycles. The second-order valence-electron chi connectivity index (χ2n) is 8.65. The Morgan fingerprint density at radius 2 is 1.94 bits per heavy atom. The molecule has 34 heavy (non-hydrogen) atoms. The second-order valence-corrected chi connectivity index (χ2v) is 11.3. The highest BCUT2D eigenvalue weighted by molar-refractivity contribution is 7.92. The van der Waals surface area contributed by atoms with Crippen molar-refractivity contribution in [3.63, 3.8) is 0 Å². The van der Waals surface area contributed by atoms with Crippen LogP contribution in [0.25, 0.3) is 0 Å². The summed E-state index contributed by atoms with van der Waals surface area (Å²) in [5, 5.41) is 11.2. The van der Waals surface area contributed by atoms with Crippen LogP contribution in [0.5, 0.6) is 0 Å². The van der Waals surface area contributed by atoms with Crippen molar-refractivity contribution in [2.75, 3.05) is 17.8 Å². The number of hydrogen-bond donors (Lipinski definition) is 1. The lowest BCUT2D eigenvalue weighted by Crippen LogP contribution is -2.49. The van der Waals surface area contributed by atoms with Gasteiger partial charge in [0.05, 0.1) is 12.0 Å². The molecule has 2 atom stereocenters. The molecular weight excluding hydrogens is 472 g/mol. The minimum absolute atomic E-state index is 0.00917. The van der Waals surface area contributed by atoms with Gasteiger partial charge in [-0.25, -0.2) is 8.42 Å². The highest BCUT2D eigenvalue weighted by Gasteiger charge is 2.37. The van der Waals surface area contributed by atoms with Crippen LogP contribution in [0, 0.1) is 17.2 Å². The van der Waals surface area contributed by atoms with Gasteiger partial charge in [-0.1, -0.05) is 18.2 Å². The van der Waals surface area contributed by atoms with Gasteiger partial charge in [0.2, 0.25) is 5.91 Å². The van der Waals surface area contributed by atoms with Crippen LogP contribution in [0.1, 0.15) is 28.5 Å². The van der Waals surface area contributed by atoms with E-state index in [-0.39, 0.29) is 33.9 Å².